The minimum Gasteiger partial charge on any atom is -0.480 e. The lowest BCUT2D eigenvalue weighted by atomic mass is 10.0. The Balaban J connectivity index is 1.71. The maximum Gasteiger partial charge on any atom is 0.317 e. The zero-order valence-corrected chi connectivity index (χ0v) is 23.8. The number of carboxylic acid groups (broad SMARTS) is 3. The predicted molar refractivity (Wildman–Crippen MR) is 153 cm³/mol. The molecule has 1 atom stereocenters. The normalized spacial score (nSPS) is 17.6. The van der Waals surface area contributed by atoms with Crippen molar-refractivity contribution < 1.29 is 39.3 Å². The molecule has 3 rings (SSSR count). The first-order chi connectivity index (χ1) is 20.0. The van der Waals surface area contributed by atoms with E-state index in [9.17, 15) is 39.3 Å². The molecule has 5 N–H and O–H groups in total. The molecule has 14 nitrogen and oxygen atoms in total. The van der Waals surface area contributed by atoms with E-state index in [-0.39, 0.29) is 64.0 Å². The van der Waals surface area contributed by atoms with Crippen LogP contribution in [0.25, 0.3) is 10.9 Å². The van der Waals surface area contributed by atoms with Crippen molar-refractivity contribution in [1.29, 1.82) is 0 Å². The third-order valence-electron chi connectivity index (χ3n) is 7.30. The highest BCUT2D eigenvalue weighted by molar-refractivity contribution is 5.90. The molecule has 1 aliphatic rings. The first kappa shape index (κ1) is 32.7. The number of rotatable bonds is 12. The van der Waals surface area contributed by atoms with Gasteiger partial charge in [-0.2, -0.15) is 0 Å². The summed E-state index contributed by atoms with van der Waals surface area (Å²) < 4.78 is 0. The minimum absolute atomic E-state index is 0.0649. The van der Waals surface area contributed by atoms with Gasteiger partial charge in [0.05, 0.1) is 32.2 Å². The van der Waals surface area contributed by atoms with Crippen LogP contribution in [0.5, 0.6) is 0 Å². The summed E-state index contributed by atoms with van der Waals surface area (Å²) in [5, 5.41) is 31.9. The maximum absolute atomic E-state index is 13.2. The molecule has 0 radical (unpaired) electrons. The molecule has 1 fully saturated rings. The molecule has 0 aliphatic carbocycles. The first-order valence-corrected chi connectivity index (χ1v) is 13.9. The number of aromatic nitrogens is 1. The monoisotopic (exact) mass is 588 g/mol. The zero-order chi connectivity index (χ0) is 30.6. The molecule has 230 valence electrons. The van der Waals surface area contributed by atoms with Gasteiger partial charge in [-0.3, -0.25) is 43.6 Å². The number of nitrogens with one attached hydrogen (secondary N) is 2. The van der Waals surface area contributed by atoms with Crippen LogP contribution in [0.15, 0.2) is 30.5 Å². The summed E-state index contributed by atoms with van der Waals surface area (Å²) in [6.45, 7) is 2.99. The summed E-state index contributed by atoms with van der Waals surface area (Å²) >= 11 is 0. The van der Waals surface area contributed by atoms with Crippen LogP contribution in [0.2, 0.25) is 0 Å². The van der Waals surface area contributed by atoms with Crippen molar-refractivity contribution in [3.05, 3.63) is 36.0 Å². The van der Waals surface area contributed by atoms with E-state index < -0.39 is 23.9 Å². The molecule has 1 aliphatic heterocycles. The number of ketones is 1. The molecular weight excluding hydrogens is 548 g/mol. The molecule has 2 aromatic rings. The van der Waals surface area contributed by atoms with Crippen LogP contribution in [0.3, 0.4) is 0 Å². The molecule has 1 saturated heterocycles. The van der Waals surface area contributed by atoms with Gasteiger partial charge in [0, 0.05) is 75.9 Å². The van der Waals surface area contributed by atoms with Gasteiger partial charge in [-0.05, 0) is 18.6 Å². The fourth-order valence-corrected chi connectivity index (χ4v) is 5.04. The second kappa shape index (κ2) is 16.0. The largest absolute Gasteiger partial charge is 0.480 e. The van der Waals surface area contributed by atoms with Crippen molar-refractivity contribution in [2.45, 2.75) is 19.4 Å². The Kier molecular flexibility index (Phi) is 12.4. The Morgan fingerprint density at radius 2 is 1.17 bits per heavy atom. The van der Waals surface area contributed by atoms with Crippen LogP contribution in [0.1, 0.15) is 12.5 Å². The van der Waals surface area contributed by atoms with E-state index in [4.69, 9.17) is 0 Å². The summed E-state index contributed by atoms with van der Waals surface area (Å²) in [5.74, 6) is -3.63. The zero-order valence-electron chi connectivity index (χ0n) is 23.8. The van der Waals surface area contributed by atoms with E-state index in [1.54, 1.807) is 14.7 Å². The standard InChI is InChI=1S/C28H40N6O8/c1-20(35)24(14-21-15-29-23-5-3-2-4-22(21)23)30-25(36)16-31-6-8-32(17-26(37)38)10-12-34(19-28(41)42)13-11-33(9-7-31)18-27(39)40/h2-5,15,24,29H,6-14,16-19H2,1H3,(H,30,36)(H,37,38)(H,39,40)(H,41,42). The lowest BCUT2D eigenvalue weighted by Gasteiger charge is -2.33. The number of hydrogen-bond donors (Lipinski definition) is 5. The predicted octanol–water partition coefficient (Wildman–Crippen LogP) is -0.740. The van der Waals surface area contributed by atoms with Crippen molar-refractivity contribution >= 4 is 40.5 Å². The number of carbonyl (C=O) groups is 5. The summed E-state index contributed by atoms with van der Waals surface area (Å²) in [5.41, 5.74) is 1.84. The molecule has 14 heteroatoms. The summed E-state index contributed by atoms with van der Waals surface area (Å²) in [4.78, 5) is 70.0. The molecule has 1 amide bonds. The number of amides is 1. The lowest BCUT2D eigenvalue weighted by Crippen LogP contribution is -2.51. The van der Waals surface area contributed by atoms with Crippen molar-refractivity contribution in [2.24, 2.45) is 0 Å². The number of nitrogens with zero attached hydrogens (tertiary/aromatic N) is 4. The molecule has 1 aromatic heterocycles. The second-order valence-corrected chi connectivity index (χ2v) is 10.6. The molecule has 42 heavy (non-hydrogen) atoms. The number of hydrogen-bond acceptors (Lipinski definition) is 9. The number of para-hydroxylation sites is 1. The van der Waals surface area contributed by atoms with Crippen LogP contribution in [-0.2, 0) is 30.4 Å². The van der Waals surface area contributed by atoms with Gasteiger partial charge < -0.3 is 25.6 Å². The number of aromatic amines is 1. The van der Waals surface area contributed by atoms with E-state index in [1.165, 1.54) is 6.92 Å². The van der Waals surface area contributed by atoms with Crippen molar-refractivity contribution in [2.75, 3.05) is 78.5 Å². The van der Waals surface area contributed by atoms with Crippen molar-refractivity contribution in [3.63, 3.8) is 0 Å². The average molecular weight is 589 g/mol. The van der Waals surface area contributed by atoms with E-state index in [0.717, 1.165) is 16.5 Å². The van der Waals surface area contributed by atoms with E-state index >= 15 is 0 Å². The minimum atomic E-state index is -1.03. The van der Waals surface area contributed by atoms with Gasteiger partial charge in [0.2, 0.25) is 5.91 Å². The fourth-order valence-electron chi connectivity index (χ4n) is 5.04. The topological polar surface area (TPSA) is 187 Å². The molecule has 0 bridgehead atoms. The molecule has 1 aromatic carbocycles. The summed E-state index contributed by atoms with van der Waals surface area (Å²) in [6, 6.07) is 6.95. The number of H-pyrrole nitrogens is 1. The lowest BCUT2D eigenvalue weighted by molar-refractivity contribution is -0.140. The Labute approximate surface area is 243 Å². The van der Waals surface area contributed by atoms with Gasteiger partial charge in [-0.15, -0.1) is 0 Å². The molecule has 1 unspecified atom stereocenters. The summed E-state index contributed by atoms with van der Waals surface area (Å²) in [7, 11) is 0. The molecule has 0 spiro atoms. The third-order valence-corrected chi connectivity index (χ3v) is 7.30. The first-order valence-electron chi connectivity index (χ1n) is 13.9. The Hall–Kier alpha value is -3.85. The highest BCUT2D eigenvalue weighted by Crippen LogP contribution is 2.19. The van der Waals surface area contributed by atoms with Gasteiger partial charge in [-0.25, -0.2) is 0 Å². The quantitative estimate of drug-likeness (QED) is 0.209. The number of benzene rings is 1. The van der Waals surface area contributed by atoms with Crippen LogP contribution in [-0.4, -0.2) is 154 Å². The molecular formula is C28H40N6O8. The molecule has 0 saturated carbocycles. The highest BCUT2D eigenvalue weighted by atomic mass is 16.4. The highest BCUT2D eigenvalue weighted by Gasteiger charge is 2.23. The van der Waals surface area contributed by atoms with Crippen LogP contribution in [0, 0.1) is 0 Å². The van der Waals surface area contributed by atoms with E-state index in [0.29, 0.717) is 32.6 Å². The number of Topliss-reactive ketones (excluding diaryl/α,β-unsaturated/α-hetero) is 1. The smallest absolute Gasteiger partial charge is 0.317 e. The fraction of sp³-hybridized carbons (Fsp3) is 0.536. The van der Waals surface area contributed by atoms with Gasteiger partial charge in [-0.1, -0.05) is 18.2 Å². The van der Waals surface area contributed by atoms with Crippen molar-refractivity contribution in [1.82, 2.24) is 29.9 Å². The average Bonchev–Trinajstić information content (AvgIpc) is 3.31. The number of fused-ring (bicyclic) bond motifs is 1. The summed E-state index contributed by atoms with van der Waals surface area (Å²) in [6.07, 6.45) is 2.14. The van der Waals surface area contributed by atoms with Gasteiger partial charge in [0.1, 0.15) is 0 Å². The van der Waals surface area contributed by atoms with Gasteiger partial charge in [0.15, 0.2) is 5.78 Å². The van der Waals surface area contributed by atoms with Crippen molar-refractivity contribution in [3.8, 4) is 0 Å². The SMILES string of the molecule is CC(=O)C(Cc1c[nH]c2ccccc12)NC(=O)CN1CCN(CC(=O)O)CCN(CC(=O)O)CCN(CC(=O)O)CC1. The van der Waals surface area contributed by atoms with E-state index in [1.807, 2.05) is 35.4 Å². The van der Waals surface area contributed by atoms with Gasteiger partial charge in [0.25, 0.3) is 0 Å². The van der Waals surface area contributed by atoms with E-state index in [2.05, 4.69) is 10.3 Å². The number of aliphatic carboxylic acids is 3. The maximum atomic E-state index is 13.2. The molecule has 2 heterocycles. The second-order valence-electron chi connectivity index (χ2n) is 10.6. The number of carbonyl (C=O) groups excluding carboxylic acids is 2. The van der Waals surface area contributed by atoms with Crippen LogP contribution < -0.4 is 5.32 Å². The van der Waals surface area contributed by atoms with Crippen LogP contribution >= 0.6 is 0 Å². The Morgan fingerprint density at radius 1 is 0.738 bits per heavy atom. The van der Waals surface area contributed by atoms with Crippen LogP contribution in [0.4, 0.5) is 0 Å². The Bertz CT molecular complexity index is 1220. The number of carboxylic acids is 3. The van der Waals surface area contributed by atoms with Gasteiger partial charge >= 0.3 is 17.9 Å². The third kappa shape index (κ3) is 10.9. The Morgan fingerprint density at radius 3 is 1.60 bits per heavy atom.